The molecular formula is C12H24N2O2. The van der Waals surface area contributed by atoms with E-state index >= 15 is 0 Å². The van der Waals surface area contributed by atoms with Crippen LogP contribution in [0, 0.1) is 5.41 Å². The van der Waals surface area contributed by atoms with E-state index in [-0.39, 0.29) is 0 Å². The van der Waals surface area contributed by atoms with Crippen molar-refractivity contribution in [1.82, 2.24) is 4.90 Å². The van der Waals surface area contributed by atoms with Crippen molar-refractivity contribution in [3.63, 3.8) is 0 Å². The monoisotopic (exact) mass is 228 g/mol. The fourth-order valence-corrected chi connectivity index (χ4v) is 2.17. The van der Waals surface area contributed by atoms with Gasteiger partial charge in [-0.1, -0.05) is 13.8 Å². The van der Waals surface area contributed by atoms with E-state index in [2.05, 4.69) is 18.7 Å². The van der Waals surface area contributed by atoms with Crippen LogP contribution in [0.15, 0.2) is 0 Å². The fraction of sp³-hybridized carbons (Fsp3) is 0.917. The Labute approximate surface area is 97.8 Å². The minimum Gasteiger partial charge on any atom is -0.480 e. The summed E-state index contributed by atoms with van der Waals surface area (Å²) in [7, 11) is 0. The van der Waals surface area contributed by atoms with Gasteiger partial charge >= 0.3 is 5.97 Å². The molecule has 0 aromatic heterocycles. The van der Waals surface area contributed by atoms with Gasteiger partial charge in [-0.25, -0.2) is 0 Å². The Morgan fingerprint density at radius 2 is 2.06 bits per heavy atom. The first-order valence-corrected chi connectivity index (χ1v) is 5.98. The molecule has 1 unspecified atom stereocenters. The molecule has 3 N–H and O–H groups in total. The molecule has 1 saturated heterocycles. The lowest BCUT2D eigenvalue weighted by atomic mass is 9.85. The van der Waals surface area contributed by atoms with Crippen molar-refractivity contribution in [1.29, 1.82) is 0 Å². The molecule has 16 heavy (non-hydrogen) atoms. The summed E-state index contributed by atoms with van der Waals surface area (Å²) < 4.78 is 0. The van der Waals surface area contributed by atoms with Crippen LogP contribution in [-0.4, -0.2) is 41.1 Å². The fourth-order valence-electron chi connectivity index (χ4n) is 2.17. The van der Waals surface area contributed by atoms with Crippen LogP contribution < -0.4 is 5.73 Å². The van der Waals surface area contributed by atoms with Crippen LogP contribution in [-0.2, 0) is 4.79 Å². The third-order valence-electron chi connectivity index (χ3n) is 3.47. The molecule has 0 spiro atoms. The average Bonchev–Trinajstić information content (AvgIpc) is 2.27. The molecule has 1 aliphatic rings. The van der Waals surface area contributed by atoms with Crippen molar-refractivity contribution in [2.45, 2.75) is 45.6 Å². The Morgan fingerprint density at radius 1 is 1.44 bits per heavy atom. The van der Waals surface area contributed by atoms with Gasteiger partial charge in [-0.05, 0) is 44.7 Å². The molecule has 0 aromatic rings. The molecule has 94 valence electrons. The first kappa shape index (κ1) is 13.5. The van der Waals surface area contributed by atoms with E-state index in [4.69, 9.17) is 10.8 Å². The predicted octanol–water partition coefficient (Wildman–Crippen LogP) is 1.30. The number of nitrogens with zero attached hydrogens (tertiary/aromatic N) is 1. The molecule has 0 radical (unpaired) electrons. The number of nitrogens with two attached hydrogens (primary N) is 1. The lowest BCUT2D eigenvalue weighted by molar-refractivity contribution is -0.143. The van der Waals surface area contributed by atoms with Crippen molar-refractivity contribution in [2.75, 3.05) is 19.6 Å². The molecule has 0 bridgehead atoms. The number of aliphatic carboxylic acids is 1. The number of carboxylic acids is 1. The predicted molar refractivity (Wildman–Crippen MR) is 64.3 cm³/mol. The molecule has 0 aromatic carbocycles. The van der Waals surface area contributed by atoms with Gasteiger partial charge in [0.1, 0.15) is 5.54 Å². The molecule has 1 heterocycles. The van der Waals surface area contributed by atoms with Crippen LogP contribution in [0.25, 0.3) is 0 Å². The largest absolute Gasteiger partial charge is 0.480 e. The lowest BCUT2D eigenvalue weighted by Crippen LogP contribution is -2.54. The average molecular weight is 228 g/mol. The van der Waals surface area contributed by atoms with Crippen molar-refractivity contribution in [3.8, 4) is 0 Å². The first-order valence-electron chi connectivity index (χ1n) is 5.98. The third-order valence-corrected chi connectivity index (χ3v) is 3.47. The van der Waals surface area contributed by atoms with Crippen molar-refractivity contribution in [2.24, 2.45) is 11.1 Å². The van der Waals surface area contributed by atoms with Crippen molar-refractivity contribution in [3.05, 3.63) is 0 Å². The number of hydrogen-bond acceptors (Lipinski definition) is 3. The zero-order valence-corrected chi connectivity index (χ0v) is 10.6. The molecule has 0 amide bonds. The summed E-state index contributed by atoms with van der Waals surface area (Å²) in [6.45, 7) is 8.49. The van der Waals surface area contributed by atoms with E-state index in [1.54, 1.807) is 6.92 Å². The number of likely N-dealkylation sites (tertiary alicyclic amines) is 1. The van der Waals surface area contributed by atoms with Crippen LogP contribution in [0.4, 0.5) is 0 Å². The maximum absolute atomic E-state index is 11.0. The van der Waals surface area contributed by atoms with Gasteiger partial charge in [0.2, 0.25) is 0 Å². The summed E-state index contributed by atoms with van der Waals surface area (Å²) in [6.07, 6.45) is 3.45. The molecule has 0 aliphatic carbocycles. The summed E-state index contributed by atoms with van der Waals surface area (Å²) in [5, 5.41) is 8.99. The summed E-state index contributed by atoms with van der Waals surface area (Å²) >= 11 is 0. The van der Waals surface area contributed by atoms with E-state index in [9.17, 15) is 4.79 Å². The molecule has 4 heteroatoms. The first-order chi connectivity index (χ1) is 7.23. The topological polar surface area (TPSA) is 66.6 Å². The van der Waals surface area contributed by atoms with E-state index in [0.29, 0.717) is 12.0 Å². The van der Waals surface area contributed by atoms with Crippen LogP contribution in [0.1, 0.15) is 40.0 Å². The summed E-state index contributed by atoms with van der Waals surface area (Å²) in [4.78, 5) is 13.1. The van der Waals surface area contributed by atoms with E-state index < -0.39 is 11.5 Å². The Kier molecular flexibility index (Phi) is 3.97. The molecule has 1 atom stereocenters. The molecule has 4 nitrogen and oxygen atoms in total. The van der Waals surface area contributed by atoms with Crippen LogP contribution in [0.2, 0.25) is 0 Å². The number of rotatable bonds is 3. The van der Waals surface area contributed by atoms with E-state index in [1.165, 1.54) is 6.42 Å². The van der Waals surface area contributed by atoms with Gasteiger partial charge in [0, 0.05) is 6.54 Å². The summed E-state index contributed by atoms with van der Waals surface area (Å²) in [6, 6.07) is 0. The molecule has 1 fully saturated rings. The van der Waals surface area contributed by atoms with E-state index in [0.717, 1.165) is 25.9 Å². The zero-order valence-electron chi connectivity index (χ0n) is 10.6. The summed E-state index contributed by atoms with van der Waals surface area (Å²) in [5.41, 5.74) is 5.02. The minimum atomic E-state index is -1.13. The Balaban J connectivity index is 2.53. The van der Waals surface area contributed by atoms with Crippen LogP contribution in [0.5, 0.6) is 0 Å². The van der Waals surface area contributed by atoms with Crippen LogP contribution >= 0.6 is 0 Å². The van der Waals surface area contributed by atoms with Crippen molar-refractivity contribution < 1.29 is 9.90 Å². The van der Waals surface area contributed by atoms with Gasteiger partial charge in [-0.15, -0.1) is 0 Å². The minimum absolute atomic E-state index is 0.378. The molecule has 0 saturated carbocycles. The molecule has 1 aliphatic heterocycles. The quantitative estimate of drug-likeness (QED) is 0.764. The summed E-state index contributed by atoms with van der Waals surface area (Å²) in [5.74, 6) is -0.920. The highest BCUT2D eigenvalue weighted by Crippen LogP contribution is 2.29. The second-order valence-corrected chi connectivity index (χ2v) is 6.02. The van der Waals surface area contributed by atoms with Gasteiger partial charge in [-0.3, -0.25) is 4.79 Å². The van der Waals surface area contributed by atoms with Crippen LogP contribution in [0.3, 0.4) is 0 Å². The smallest absolute Gasteiger partial charge is 0.324 e. The maximum Gasteiger partial charge on any atom is 0.324 e. The van der Waals surface area contributed by atoms with Gasteiger partial charge in [0.15, 0.2) is 0 Å². The molecular weight excluding hydrogens is 204 g/mol. The normalized spacial score (nSPS) is 25.8. The van der Waals surface area contributed by atoms with Gasteiger partial charge in [0.25, 0.3) is 0 Å². The standard InChI is InChI=1S/C12H24N2O2/c1-11(2)5-4-7-14(8-6-11)9-12(3,13)10(15)16/h4-9,13H2,1-3H3,(H,15,16). The van der Waals surface area contributed by atoms with Gasteiger partial charge < -0.3 is 15.7 Å². The lowest BCUT2D eigenvalue weighted by Gasteiger charge is -2.29. The highest BCUT2D eigenvalue weighted by atomic mass is 16.4. The number of hydrogen-bond donors (Lipinski definition) is 2. The third kappa shape index (κ3) is 3.76. The number of carbonyl (C=O) groups is 1. The molecule has 1 rings (SSSR count). The van der Waals surface area contributed by atoms with Gasteiger partial charge in [0.05, 0.1) is 0 Å². The van der Waals surface area contributed by atoms with E-state index in [1.807, 2.05) is 0 Å². The highest BCUT2D eigenvalue weighted by molar-refractivity contribution is 5.78. The maximum atomic E-state index is 11.0. The number of carboxylic acid groups (broad SMARTS) is 1. The zero-order chi connectivity index (χ0) is 12.4. The Morgan fingerprint density at radius 3 is 2.62 bits per heavy atom. The van der Waals surface area contributed by atoms with Crippen molar-refractivity contribution >= 4 is 5.97 Å². The second kappa shape index (κ2) is 4.72. The Hall–Kier alpha value is -0.610. The Bertz CT molecular complexity index is 262. The highest BCUT2D eigenvalue weighted by Gasteiger charge is 2.32. The SMILES string of the molecule is CC1(C)CCCN(CC(C)(N)C(=O)O)CC1. The second-order valence-electron chi connectivity index (χ2n) is 6.02. The van der Waals surface area contributed by atoms with Gasteiger partial charge in [-0.2, -0.15) is 0 Å².